The number of carbonyl (C=O) groups excluding carboxylic acids is 1. The van der Waals surface area contributed by atoms with Crippen molar-refractivity contribution < 1.29 is 13.2 Å². The van der Waals surface area contributed by atoms with Gasteiger partial charge in [-0.15, -0.1) is 0 Å². The van der Waals surface area contributed by atoms with Crippen molar-refractivity contribution in [3.63, 3.8) is 0 Å². The van der Waals surface area contributed by atoms with Crippen LogP contribution in [0.4, 0.5) is 0 Å². The van der Waals surface area contributed by atoms with Gasteiger partial charge in [-0.3, -0.25) is 4.79 Å². The Morgan fingerprint density at radius 3 is 1.92 bits per heavy atom. The number of hydrogen-bond donors (Lipinski definition) is 0. The largest absolute Gasteiger partial charge is 0.338 e. The molecule has 4 saturated carbocycles. The summed E-state index contributed by atoms with van der Waals surface area (Å²) in [6, 6.07) is 6.72. The van der Waals surface area contributed by atoms with Crippen molar-refractivity contribution in [2.24, 2.45) is 23.7 Å². The number of amides is 1. The number of carbonyl (C=O) groups is 1. The first kappa shape index (κ1) is 16.1. The monoisotopic (exact) mass is 347 g/mol. The van der Waals surface area contributed by atoms with E-state index in [9.17, 15) is 13.2 Å². The maximum Gasteiger partial charge on any atom is 0.253 e. The van der Waals surface area contributed by atoms with Crippen LogP contribution in [-0.4, -0.2) is 38.6 Å². The molecular weight excluding hydrogens is 322 g/mol. The molecule has 0 N–H and O–H groups in total. The third kappa shape index (κ3) is 2.67. The quantitative estimate of drug-likeness (QED) is 0.845. The van der Waals surface area contributed by atoms with Gasteiger partial charge in [0, 0.05) is 24.9 Å². The first-order valence-electron chi connectivity index (χ1n) is 8.90. The third-order valence-electron chi connectivity index (χ3n) is 6.47. The SMILES string of the molecule is CN(C(=O)c1ccc(S(C)(=O)=O)cc1)C1C2CC3CC(C2)CC1C3. The van der Waals surface area contributed by atoms with Crippen molar-refractivity contribution in [3.8, 4) is 0 Å². The number of benzene rings is 1. The standard InChI is InChI=1S/C19H25NO3S/c1-20(18-15-8-12-7-13(10-15)11-16(18)9-12)19(21)14-3-5-17(6-4-14)24(2,22)23/h3-6,12-13,15-16,18H,7-11H2,1-2H3. The van der Waals surface area contributed by atoms with Gasteiger partial charge < -0.3 is 4.90 Å². The van der Waals surface area contributed by atoms with E-state index >= 15 is 0 Å². The van der Waals surface area contributed by atoms with Gasteiger partial charge in [-0.05, 0) is 80.0 Å². The first-order chi connectivity index (χ1) is 11.3. The Morgan fingerprint density at radius 2 is 1.46 bits per heavy atom. The Kier molecular flexibility index (Phi) is 3.75. The molecule has 4 nitrogen and oxygen atoms in total. The van der Waals surface area contributed by atoms with Crippen molar-refractivity contribution in [2.45, 2.75) is 43.0 Å². The van der Waals surface area contributed by atoms with Gasteiger partial charge in [0.25, 0.3) is 5.91 Å². The van der Waals surface area contributed by atoms with E-state index < -0.39 is 9.84 Å². The number of rotatable bonds is 3. The second-order valence-electron chi connectivity index (χ2n) is 8.13. The van der Waals surface area contributed by atoms with Crippen LogP contribution >= 0.6 is 0 Å². The zero-order valence-electron chi connectivity index (χ0n) is 14.3. The second-order valence-corrected chi connectivity index (χ2v) is 10.1. The van der Waals surface area contributed by atoms with E-state index in [1.54, 1.807) is 12.1 Å². The van der Waals surface area contributed by atoms with Gasteiger partial charge in [0.1, 0.15) is 0 Å². The van der Waals surface area contributed by atoms with E-state index in [-0.39, 0.29) is 10.8 Å². The Hall–Kier alpha value is -1.36. The van der Waals surface area contributed by atoms with Crippen molar-refractivity contribution in [1.29, 1.82) is 0 Å². The highest BCUT2D eigenvalue weighted by atomic mass is 32.2. The fourth-order valence-corrected chi connectivity index (χ4v) is 6.34. The Labute approximate surface area is 144 Å². The maximum absolute atomic E-state index is 12.9. The molecule has 4 aliphatic rings. The maximum atomic E-state index is 12.9. The molecule has 4 fully saturated rings. The lowest BCUT2D eigenvalue weighted by Gasteiger charge is -2.56. The van der Waals surface area contributed by atoms with Crippen molar-refractivity contribution >= 4 is 15.7 Å². The van der Waals surface area contributed by atoms with Gasteiger partial charge in [0.15, 0.2) is 9.84 Å². The van der Waals surface area contributed by atoms with Crippen LogP contribution < -0.4 is 0 Å². The van der Waals surface area contributed by atoms with Gasteiger partial charge >= 0.3 is 0 Å². The highest BCUT2D eigenvalue weighted by Crippen LogP contribution is 2.55. The van der Waals surface area contributed by atoms with Crippen LogP contribution in [-0.2, 0) is 9.84 Å². The molecule has 130 valence electrons. The molecule has 0 atom stereocenters. The fourth-order valence-electron chi connectivity index (χ4n) is 5.71. The van der Waals surface area contributed by atoms with Crippen LogP contribution in [0.15, 0.2) is 29.2 Å². The lowest BCUT2D eigenvalue weighted by atomic mass is 9.54. The highest BCUT2D eigenvalue weighted by Gasteiger charge is 2.50. The molecule has 0 spiro atoms. The van der Waals surface area contributed by atoms with E-state index in [0.717, 1.165) is 11.8 Å². The van der Waals surface area contributed by atoms with Crippen LogP contribution in [0.1, 0.15) is 42.5 Å². The molecule has 1 amide bonds. The van der Waals surface area contributed by atoms with Crippen LogP contribution in [0.25, 0.3) is 0 Å². The lowest BCUT2D eigenvalue weighted by molar-refractivity contribution is -0.0491. The summed E-state index contributed by atoms with van der Waals surface area (Å²) in [4.78, 5) is 15.1. The molecule has 0 radical (unpaired) electrons. The van der Waals surface area contributed by atoms with Gasteiger partial charge in [-0.1, -0.05) is 0 Å². The predicted molar refractivity (Wildman–Crippen MR) is 92.5 cm³/mol. The molecule has 5 heteroatoms. The zero-order valence-corrected chi connectivity index (χ0v) is 15.1. The summed E-state index contributed by atoms with van der Waals surface area (Å²) in [6.45, 7) is 0. The summed E-state index contributed by atoms with van der Waals surface area (Å²) in [5.41, 5.74) is 0.582. The Bertz CT molecular complexity index is 725. The minimum Gasteiger partial charge on any atom is -0.338 e. The molecule has 4 bridgehead atoms. The van der Waals surface area contributed by atoms with Gasteiger partial charge in [0.05, 0.1) is 4.90 Å². The molecule has 0 aromatic heterocycles. The predicted octanol–water partition coefficient (Wildman–Crippen LogP) is 2.99. The summed E-state index contributed by atoms with van der Waals surface area (Å²) in [7, 11) is -1.29. The Balaban J connectivity index is 1.54. The van der Waals surface area contributed by atoms with Crippen LogP contribution in [0.2, 0.25) is 0 Å². The average Bonchev–Trinajstić information content (AvgIpc) is 2.52. The van der Waals surface area contributed by atoms with Crippen LogP contribution in [0, 0.1) is 23.7 Å². The van der Waals surface area contributed by atoms with Gasteiger partial charge in [0.2, 0.25) is 0 Å². The topological polar surface area (TPSA) is 54.5 Å². The molecule has 0 heterocycles. The number of hydrogen-bond acceptors (Lipinski definition) is 3. The fraction of sp³-hybridized carbons (Fsp3) is 0.632. The number of nitrogens with zero attached hydrogens (tertiary/aromatic N) is 1. The number of sulfone groups is 1. The molecule has 0 saturated heterocycles. The van der Waals surface area contributed by atoms with Crippen molar-refractivity contribution in [1.82, 2.24) is 4.90 Å². The summed E-state index contributed by atoms with van der Waals surface area (Å²) >= 11 is 0. The van der Waals surface area contributed by atoms with Crippen LogP contribution in [0.3, 0.4) is 0 Å². The lowest BCUT2D eigenvalue weighted by Crippen LogP contribution is -2.56. The van der Waals surface area contributed by atoms with Crippen molar-refractivity contribution in [2.75, 3.05) is 13.3 Å². The van der Waals surface area contributed by atoms with E-state index in [4.69, 9.17) is 0 Å². The van der Waals surface area contributed by atoms with Crippen molar-refractivity contribution in [3.05, 3.63) is 29.8 Å². The molecule has 1 aromatic rings. The molecule has 0 aliphatic heterocycles. The van der Waals surface area contributed by atoms with Gasteiger partial charge in [-0.25, -0.2) is 8.42 Å². The molecular formula is C19H25NO3S. The smallest absolute Gasteiger partial charge is 0.253 e. The minimum atomic E-state index is -3.22. The van der Waals surface area contributed by atoms with E-state index in [1.165, 1.54) is 50.5 Å². The second kappa shape index (κ2) is 5.58. The Morgan fingerprint density at radius 1 is 0.958 bits per heavy atom. The zero-order chi connectivity index (χ0) is 17.1. The molecule has 0 unspecified atom stereocenters. The van der Waals surface area contributed by atoms with Crippen LogP contribution in [0.5, 0.6) is 0 Å². The average molecular weight is 347 g/mol. The summed E-state index contributed by atoms with van der Waals surface area (Å²) in [5, 5.41) is 0. The summed E-state index contributed by atoms with van der Waals surface area (Å²) < 4.78 is 23.1. The summed E-state index contributed by atoms with van der Waals surface area (Å²) in [5.74, 6) is 3.12. The van der Waals surface area contributed by atoms with Gasteiger partial charge in [-0.2, -0.15) is 0 Å². The first-order valence-corrected chi connectivity index (χ1v) is 10.8. The third-order valence-corrected chi connectivity index (χ3v) is 7.60. The molecule has 4 aliphatic carbocycles. The minimum absolute atomic E-state index is 0.0209. The van der Waals surface area contributed by atoms with E-state index in [2.05, 4.69) is 0 Å². The molecule has 1 aromatic carbocycles. The summed E-state index contributed by atoms with van der Waals surface area (Å²) in [6.07, 6.45) is 7.71. The van der Waals surface area contributed by atoms with E-state index in [0.29, 0.717) is 23.4 Å². The molecule has 5 rings (SSSR count). The normalized spacial score (nSPS) is 34.3. The molecule has 24 heavy (non-hydrogen) atoms. The highest BCUT2D eigenvalue weighted by molar-refractivity contribution is 7.90. The van der Waals surface area contributed by atoms with E-state index in [1.807, 2.05) is 11.9 Å².